The highest BCUT2D eigenvalue weighted by Crippen LogP contribution is 2.24. The third-order valence-electron chi connectivity index (χ3n) is 3.93. The van der Waals surface area contributed by atoms with Crippen LogP contribution in [-0.4, -0.2) is 64.9 Å². The molecule has 0 radical (unpaired) electrons. The summed E-state index contributed by atoms with van der Waals surface area (Å²) in [7, 11) is 3.24. The molecule has 1 N–H and O–H groups in total. The van der Waals surface area contributed by atoms with Crippen molar-refractivity contribution in [3.05, 3.63) is 34.9 Å². The molecule has 27 heavy (non-hydrogen) atoms. The van der Waals surface area contributed by atoms with E-state index in [1.807, 2.05) is 0 Å². The molecule has 10 heteroatoms. The molecule has 1 atom stereocenters. The van der Waals surface area contributed by atoms with E-state index < -0.39 is 30.3 Å². The zero-order valence-corrected chi connectivity index (χ0v) is 15.7. The molecule has 1 unspecified atom stereocenters. The maximum Gasteiger partial charge on any atom is 0.351 e. The highest BCUT2D eigenvalue weighted by Gasteiger charge is 2.36. The summed E-state index contributed by atoms with van der Waals surface area (Å²) in [6.45, 7) is 1.19. The summed E-state index contributed by atoms with van der Waals surface area (Å²) in [5, 5.41) is 2.75. The second kappa shape index (κ2) is 7.23. The van der Waals surface area contributed by atoms with Crippen LogP contribution in [0.3, 0.4) is 0 Å². The first-order chi connectivity index (χ1) is 12.8. The Balaban J connectivity index is 1.70. The van der Waals surface area contributed by atoms with E-state index in [4.69, 9.17) is 0 Å². The number of urea groups is 1. The highest BCUT2D eigenvalue weighted by atomic mass is 32.1. The Kier molecular flexibility index (Phi) is 5.00. The van der Waals surface area contributed by atoms with Crippen LogP contribution in [0.5, 0.6) is 0 Å². The van der Waals surface area contributed by atoms with E-state index in [0.717, 1.165) is 16.2 Å². The lowest BCUT2D eigenvalue weighted by molar-refractivity contribution is -0.132. The van der Waals surface area contributed by atoms with Crippen molar-refractivity contribution in [3.63, 3.8) is 0 Å². The summed E-state index contributed by atoms with van der Waals surface area (Å²) in [6.07, 6.45) is 6.61. The number of hydrogen-bond donors (Lipinski definition) is 1. The third-order valence-corrected chi connectivity index (χ3v) is 4.99. The Morgan fingerprint density at radius 3 is 2.74 bits per heavy atom. The van der Waals surface area contributed by atoms with Crippen molar-refractivity contribution < 1.29 is 19.2 Å². The Hall–Kier alpha value is -3.14. The SMILES string of the molecule is Cc1nc(NC(=O)CN2C(=O)N=C3C=CC=CC3C2=O)sc1C(=O)N(C)C. The van der Waals surface area contributed by atoms with E-state index in [2.05, 4.69) is 15.3 Å². The molecule has 1 aliphatic carbocycles. The first-order valence-corrected chi connectivity index (χ1v) is 8.87. The number of amides is 5. The molecule has 2 aliphatic rings. The van der Waals surface area contributed by atoms with Gasteiger partial charge in [0, 0.05) is 14.1 Å². The number of aromatic nitrogens is 1. The normalized spacial score (nSPS) is 18.3. The molecule has 1 aromatic heterocycles. The average Bonchev–Trinajstić information content (AvgIpc) is 2.97. The van der Waals surface area contributed by atoms with Gasteiger partial charge in [-0.15, -0.1) is 0 Å². The lowest BCUT2D eigenvalue weighted by Crippen LogP contribution is -2.48. The molecule has 140 valence electrons. The van der Waals surface area contributed by atoms with Crippen LogP contribution >= 0.6 is 11.3 Å². The van der Waals surface area contributed by atoms with E-state index in [9.17, 15) is 19.2 Å². The van der Waals surface area contributed by atoms with Crippen molar-refractivity contribution in [1.82, 2.24) is 14.8 Å². The van der Waals surface area contributed by atoms with Crippen molar-refractivity contribution in [2.45, 2.75) is 6.92 Å². The molecule has 0 fully saturated rings. The number of fused-ring (bicyclic) bond motifs is 1. The summed E-state index contributed by atoms with van der Waals surface area (Å²) in [5.74, 6) is -1.97. The Morgan fingerprint density at radius 2 is 2.04 bits per heavy atom. The number of anilines is 1. The number of carbonyl (C=O) groups excluding carboxylic acids is 4. The Morgan fingerprint density at radius 1 is 1.30 bits per heavy atom. The zero-order valence-electron chi connectivity index (χ0n) is 14.9. The number of imide groups is 1. The number of hydrogen-bond acceptors (Lipinski definition) is 6. The topological polar surface area (TPSA) is 112 Å². The molecule has 1 aliphatic heterocycles. The van der Waals surface area contributed by atoms with E-state index in [1.165, 1.54) is 4.90 Å². The minimum atomic E-state index is -0.778. The molecule has 2 heterocycles. The van der Waals surface area contributed by atoms with Gasteiger partial charge in [0.2, 0.25) is 11.8 Å². The molecule has 1 aromatic rings. The minimum Gasteiger partial charge on any atom is -0.344 e. The van der Waals surface area contributed by atoms with Crippen LogP contribution < -0.4 is 5.32 Å². The number of rotatable bonds is 4. The number of nitrogens with zero attached hydrogens (tertiary/aromatic N) is 4. The fraction of sp³-hybridized carbons (Fsp3) is 0.294. The summed E-state index contributed by atoms with van der Waals surface area (Å²) >= 11 is 1.04. The average molecular weight is 387 g/mol. The number of aliphatic imine (C=N–C) groups is 1. The summed E-state index contributed by atoms with van der Waals surface area (Å²) in [5.41, 5.74) is 0.860. The Labute approximate surface area is 159 Å². The van der Waals surface area contributed by atoms with Crippen molar-refractivity contribution in [3.8, 4) is 0 Å². The first-order valence-electron chi connectivity index (χ1n) is 8.05. The largest absolute Gasteiger partial charge is 0.351 e. The lowest BCUT2D eigenvalue weighted by atomic mass is 9.95. The van der Waals surface area contributed by atoms with Gasteiger partial charge in [-0.2, -0.15) is 4.99 Å². The molecule has 9 nitrogen and oxygen atoms in total. The molecule has 0 aromatic carbocycles. The van der Waals surface area contributed by atoms with Gasteiger partial charge in [-0.25, -0.2) is 9.78 Å². The fourth-order valence-electron chi connectivity index (χ4n) is 2.58. The van der Waals surface area contributed by atoms with E-state index in [-0.39, 0.29) is 11.0 Å². The molecule has 0 saturated heterocycles. The predicted molar refractivity (Wildman–Crippen MR) is 99.8 cm³/mol. The quantitative estimate of drug-likeness (QED) is 0.835. The van der Waals surface area contributed by atoms with E-state index >= 15 is 0 Å². The molecular weight excluding hydrogens is 370 g/mol. The second-order valence-corrected chi connectivity index (χ2v) is 7.15. The van der Waals surface area contributed by atoms with Gasteiger partial charge in [-0.05, 0) is 13.0 Å². The number of carbonyl (C=O) groups is 4. The molecule has 3 rings (SSSR count). The van der Waals surface area contributed by atoms with Crippen LogP contribution in [0.4, 0.5) is 9.93 Å². The van der Waals surface area contributed by atoms with Crippen LogP contribution in [0.15, 0.2) is 29.3 Å². The minimum absolute atomic E-state index is 0.217. The third kappa shape index (κ3) is 3.70. The highest BCUT2D eigenvalue weighted by molar-refractivity contribution is 7.17. The number of thiazole rings is 1. The molecule has 5 amide bonds. The summed E-state index contributed by atoms with van der Waals surface area (Å²) in [6, 6.07) is -0.778. The molecule has 0 spiro atoms. The van der Waals surface area contributed by atoms with Gasteiger partial charge in [-0.1, -0.05) is 29.6 Å². The van der Waals surface area contributed by atoms with Crippen molar-refractivity contribution in [2.24, 2.45) is 10.9 Å². The van der Waals surface area contributed by atoms with Gasteiger partial charge in [0.05, 0.1) is 17.3 Å². The van der Waals surface area contributed by atoms with Crippen LogP contribution in [0.25, 0.3) is 0 Å². The van der Waals surface area contributed by atoms with Gasteiger partial charge in [0.1, 0.15) is 11.4 Å². The van der Waals surface area contributed by atoms with Gasteiger partial charge in [0.15, 0.2) is 5.13 Å². The van der Waals surface area contributed by atoms with Gasteiger partial charge >= 0.3 is 6.03 Å². The smallest absolute Gasteiger partial charge is 0.344 e. The maximum absolute atomic E-state index is 12.5. The van der Waals surface area contributed by atoms with Crippen molar-refractivity contribution >= 4 is 45.9 Å². The van der Waals surface area contributed by atoms with Crippen LogP contribution in [0.2, 0.25) is 0 Å². The van der Waals surface area contributed by atoms with Crippen LogP contribution in [-0.2, 0) is 9.59 Å². The monoisotopic (exact) mass is 387 g/mol. The standard InChI is InChI=1S/C17H17N5O4S/c1-9-13(15(25)21(2)3)27-16(18-9)20-12(23)8-22-14(24)10-6-4-5-7-11(10)19-17(22)26/h4-7,10H,8H2,1-3H3,(H,18,20,23). The van der Waals surface area contributed by atoms with Crippen molar-refractivity contribution in [2.75, 3.05) is 26.0 Å². The van der Waals surface area contributed by atoms with Gasteiger partial charge in [-0.3, -0.25) is 19.3 Å². The second-order valence-electron chi connectivity index (χ2n) is 6.15. The molecule has 0 bridgehead atoms. The van der Waals surface area contributed by atoms with Crippen LogP contribution in [0.1, 0.15) is 15.4 Å². The van der Waals surface area contributed by atoms with Crippen LogP contribution in [0, 0.1) is 12.8 Å². The lowest BCUT2D eigenvalue weighted by Gasteiger charge is -2.27. The number of allylic oxidation sites excluding steroid dienone is 3. The first kappa shape index (κ1) is 18.6. The number of nitrogens with one attached hydrogen (secondary N) is 1. The van der Waals surface area contributed by atoms with E-state index in [1.54, 1.807) is 45.3 Å². The Bertz CT molecular complexity index is 928. The molecule has 0 saturated carbocycles. The molecular formula is C17H17N5O4S. The van der Waals surface area contributed by atoms with Gasteiger partial charge in [0.25, 0.3) is 5.91 Å². The number of aryl methyl sites for hydroxylation is 1. The maximum atomic E-state index is 12.5. The van der Waals surface area contributed by atoms with Gasteiger partial charge < -0.3 is 10.2 Å². The summed E-state index contributed by atoms with van der Waals surface area (Å²) < 4.78 is 0. The zero-order chi connectivity index (χ0) is 19.7. The fourth-order valence-corrected chi connectivity index (χ4v) is 3.58. The summed E-state index contributed by atoms with van der Waals surface area (Å²) in [4.78, 5) is 59.6. The van der Waals surface area contributed by atoms with Crippen molar-refractivity contribution in [1.29, 1.82) is 0 Å². The predicted octanol–water partition coefficient (Wildman–Crippen LogP) is 1.24. The van der Waals surface area contributed by atoms with E-state index in [0.29, 0.717) is 16.3 Å².